The summed E-state index contributed by atoms with van der Waals surface area (Å²) >= 11 is 0. The van der Waals surface area contributed by atoms with Gasteiger partial charge in [0.25, 0.3) is 0 Å². The summed E-state index contributed by atoms with van der Waals surface area (Å²) in [4.78, 5) is 38.6. The van der Waals surface area contributed by atoms with Gasteiger partial charge in [0.1, 0.15) is 12.7 Å². The molecule has 336 valence electrons. The predicted molar refractivity (Wildman–Crippen MR) is 240 cm³/mol. The smallest absolute Gasteiger partial charge is 0.313 e. The first-order valence-corrected chi connectivity index (χ1v) is 23.7. The van der Waals surface area contributed by atoms with Crippen LogP contribution in [-0.2, 0) is 25.7 Å². The number of carbonyl (C=O) groups is 2. The van der Waals surface area contributed by atoms with E-state index in [0.717, 1.165) is 102 Å². The lowest BCUT2D eigenvalue weighted by Crippen LogP contribution is -2.65. The minimum Gasteiger partial charge on any atom is -0.462 e. The van der Waals surface area contributed by atoms with Crippen LogP contribution in [0.25, 0.3) is 11.0 Å². The number of unbranched alkanes of at least 4 members (excludes halogenated alkanes) is 4. The zero-order valence-corrected chi connectivity index (χ0v) is 38.4. The fourth-order valence-corrected chi connectivity index (χ4v) is 14.2. The van der Waals surface area contributed by atoms with Crippen LogP contribution in [0.4, 0.5) is 11.4 Å². The summed E-state index contributed by atoms with van der Waals surface area (Å²) in [6.07, 6.45) is 17.9. The molecule has 1 aromatic heterocycles. The molecule has 0 bridgehead atoms. The first-order valence-electron chi connectivity index (χ1n) is 23.7. The quantitative estimate of drug-likeness (QED) is 0.0546. The van der Waals surface area contributed by atoms with Crippen LogP contribution in [0.3, 0.4) is 0 Å². The molecule has 0 unspecified atom stereocenters. The van der Waals surface area contributed by atoms with Gasteiger partial charge in [0, 0.05) is 24.4 Å². The van der Waals surface area contributed by atoms with Crippen LogP contribution in [0.5, 0.6) is 0 Å². The topological polar surface area (TPSA) is 147 Å². The number of carbonyl (C=O) groups excluding carboxylic acids is 2. The molecule has 62 heavy (non-hydrogen) atoms. The molecule has 1 N–H and O–H groups in total. The number of hydrogen-bond acceptors (Lipinski definition) is 10. The number of benzene rings is 2. The average Bonchev–Trinajstić information content (AvgIpc) is 3.73. The second-order valence-electron chi connectivity index (χ2n) is 22.1. The molecule has 0 saturated heterocycles. The lowest BCUT2D eigenvalue weighted by Gasteiger charge is -2.71. The zero-order valence-electron chi connectivity index (χ0n) is 38.4. The summed E-state index contributed by atoms with van der Waals surface area (Å²) in [5.74, 6) is 1.14. The molecule has 11 heteroatoms. The van der Waals surface area contributed by atoms with E-state index in [9.17, 15) is 19.7 Å². The average molecular weight is 851 g/mol. The first kappa shape index (κ1) is 44.3. The molecule has 3 aromatic rings. The van der Waals surface area contributed by atoms with Gasteiger partial charge >= 0.3 is 17.6 Å². The van der Waals surface area contributed by atoms with Crippen molar-refractivity contribution < 1.29 is 28.6 Å². The molecule has 8 rings (SSSR count). The Hall–Kier alpha value is -4.28. The highest BCUT2D eigenvalue weighted by atomic mass is 16.6. The second-order valence-corrected chi connectivity index (χ2v) is 22.1. The molecule has 5 aliphatic carbocycles. The van der Waals surface area contributed by atoms with Crippen LogP contribution in [0.2, 0.25) is 0 Å². The van der Waals surface area contributed by atoms with Crippen LogP contribution in [-0.4, -0.2) is 39.8 Å². The summed E-state index contributed by atoms with van der Waals surface area (Å²) in [6, 6.07) is 13.2. The third-order valence-corrected chi connectivity index (χ3v) is 17.9. The third-order valence-electron chi connectivity index (χ3n) is 17.9. The van der Waals surface area contributed by atoms with Gasteiger partial charge < -0.3 is 14.8 Å². The van der Waals surface area contributed by atoms with Crippen LogP contribution in [0.15, 0.2) is 58.7 Å². The molecule has 8 atom stereocenters. The minimum atomic E-state index is -0.487. The van der Waals surface area contributed by atoms with E-state index >= 15 is 0 Å². The number of ether oxygens (including phenoxy) is 2. The third kappa shape index (κ3) is 7.65. The number of allylic oxidation sites excluding steroid dienone is 2. The summed E-state index contributed by atoms with van der Waals surface area (Å²) in [6.45, 7) is 18.3. The number of non-ortho nitro benzene ring substituents is 1. The van der Waals surface area contributed by atoms with Crippen molar-refractivity contribution in [2.45, 2.75) is 164 Å². The lowest BCUT2D eigenvalue weighted by atomic mass is 9.33. The Bertz CT molecular complexity index is 2180. The van der Waals surface area contributed by atoms with E-state index in [1.165, 1.54) is 6.07 Å². The summed E-state index contributed by atoms with van der Waals surface area (Å²) in [5.41, 5.74) is 3.51. The van der Waals surface area contributed by atoms with Crippen molar-refractivity contribution in [3.63, 3.8) is 0 Å². The monoisotopic (exact) mass is 851 g/mol. The molecule has 1 heterocycles. The molecule has 11 nitrogen and oxygen atoms in total. The van der Waals surface area contributed by atoms with Crippen molar-refractivity contribution >= 4 is 34.3 Å². The Morgan fingerprint density at radius 1 is 0.839 bits per heavy atom. The Labute approximate surface area is 368 Å². The molecule has 4 saturated carbocycles. The molecule has 4 fully saturated rings. The SMILES string of the molecule is CC1(C)CC[C@]2(C(=O)OCc3ccccc3)CC[C@]3(C)C(=CC[C@@H]4[C@@]5(C)CC[C@H](OC(=O)CCCCCCCNc6ccc([N+](=O)[O-])c7nonc67)C(C)(C)[C@@H]5CC[C@]43C)[C@@H]2C1. The largest absolute Gasteiger partial charge is 0.462 e. The van der Waals surface area contributed by atoms with E-state index in [4.69, 9.17) is 14.1 Å². The minimum absolute atomic E-state index is 0.0158. The normalized spacial score (nSPS) is 33.2. The summed E-state index contributed by atoms with van der Waals surface area (Å²) < 4.78 is 17.4. The first-order chi connectivity index (χ1) is 29.5. The van der Waals surface area contributed by atoms with Gasteiger partial charge in [-0.3, -0.25) is 19.7 Å². The number of nitrogens with zero attached hydrogens (tertiary/aromatic N) is 3. The highest BCUT2D eigenvalue weighted by Crippen LogP contribution is 2.76. The second kappa shape index (κ2) is 16.7. The van der Waals surface area contributed by atoms with Gasteiger partial charge in [-0.2, -0.15) is 0 Å². The van der Waals surface area contributed by atoms with Gasteiger partial charge in [-0.25, -0.2) is 4.63 Å². The Morgan fingerprint density at radius 3 is 2.34 bits per heavy atom. The molecule has 0 aliphatic heterocycles. The number of hydrogen-bond donors (Lipinski definition) is 1. The fraction of sp³-hybridized carbons (Fsp3) is 0.686. The van der Waals surface area contributed by atoms with Crippen molar-refractivity contribution in [2.24, 2.45) is 50.2 Å². The number of fused-ring (bicyclic) bond motifs is 8. The number of aromatic nitrogens is 2. The van der Waals surface area contributed by atoms with Crippen molar-refractivity contribution in [1.29, 1.82) is 0 Å². The Balaban J connectivity index is 0.861. The zero-order chi connectivity index (χ0) is 44.1. The molecular weight excluding hydrogens is 781 g/mol. The summed E-state index contributed by atoms with van der Waals surface area (Å²) in [5, 5.41) is 22.1. The molecule has 0 spiro atoms. The number of esters is 2. The van der Waals surface area contributed by atoms with E-state index in [1.54, 1.807) is 11.6 Å². The Morgan fingerprint density at radius 2 is 1.56 bits per heavy atom. The van der Waals surface area contributed by atoms with E-state index < -0.39 is 10.3 Å². The van der Waals surface area contributed by atoms with Crippen LogP contribution in [0, 0.1) is 60.4 Å². The standard InChI is InChI=1S/C51H70N4O7/c1-46(2)27-29-51(45(57)60-33-34-16-12-11-13-17-34)30-28-49(6)35(36(51)32-46)19-22-40-48(5)25-24-41(47(3,4)39(48)23-26-50(40,49)7)61-42(56)18-14-9-8-10-15-31-52-37-20-21-38(55(58)59)44-43(37)53-62-54-44/h11-13,16-17,19-21,36,39-41,52H,8-10,14-15,18,22-33H2,1-7H3/t36-,39-,40+,41-,48-,49+,50+,51-/m0/s1. The highest BCUT2D eigenvalue weighted by molar-refractivity contribution is 5.93. The number of anilines is 1. The Kier molecular flexibility index (Phi) is 11.9. The van der Waals surface area contributed by atoms with Crippen molar-refractivity contribution in [3.8, 4) is 0 Å². The van der Waals surface area contributed by atoms with Crippen molar-refractivity contribution in [3.05, 3.63) is 69.8 Å². The number of nitro benzene ring substituents is 1. The maximum absolute atomic E-state index is 14.4. The maximum atomic E-state index is 14.4. The number of nitro groups is 1. The van der Waals surface area contributed by atoms with Crippen LogP contribution in [0.1, 0.15) is 157 Å². The molecule has 5 aliphatic rings. The fourth-order valence-electron chi connectivity index (χ4n) is 14.2. The van der Waals surface area contributed by atoms with Crippen molar-refractivity contribution in [2.75, 3.05) is 11.9 Å². The molecule has 0 radical (unpaired) electrons. The van der Waals surface area contributed by atoms with Crippen molar-refractivity contribution in [1.82, 2.24) is 10.3 Å². The molecule has 2 aromatic carbocycles. The van der Waals surface area contributed by atoms with Gasteiger partial charge in [0.15, 0.2) is 5.52 Å². The van der Waals surface area contributed by atoms with E-state index in [2.05, 4.69) is 70.2 Å². The van der Waals surface area contributed by atoms with Crippen LogP contribution >= 0.6 is 0 Å². The van der Waals surface area contributed by atoms with Gasteiger partial charge in [0.2, 0.25) is 5.52 Å². The number of rotatable bonds is 14. The van der Waals surface area contributed by atoms with Gasteiger partial charge in [-0.05, 0) is 138 Å². The van der Waals surface area contributed by atoms with Gasteiger partial charge in [0.05, 0.1) is 16.0 Å². The summed E-state index contributed by atoms with van der Waals surface area (Å²) in [7, 11) is 0. The van der Waals surface area contributed by atoms with Crippen LogP contribution < -0.4 is 5.32 Å². The molecular formula is C51H70N4O7. The lowest BCUT2D eigenvalue weighted by molar-refractivity contribution is -0.383. The van der Waals surface area contributed by atoms with Gasteiger partial charge in [-0.15, -0.1) is 0 Å². The van der Waals surface area contributed by atoms with E-state index in [-0.39, 0.29) is 62.2 Å². The predicted octanol–water partition coefficient (Wildman–Crippen LogP) is 12.3. The molecule has 0 amide bonds. The highest BCUT2D eigenvalue weighted by Gasteiger charge is 2.69. The van der Waals surface area contributed by atoms with E-state index in [1.807, 2.05) is 30.3 Å². The number of nitrogens with one attached hydrogen (secondary N) is 1. The van der Waals surface area contributed by atoms with Gasteiger partial charge in [-0.1, -0.05) is 110 Å². The maximum Gasteiger partial charge on any atom is 0.313 e. The van der Waals surface area contributed by atoms with E-state index in [0.29, 0.717) is 42.6 Å².